The van der Waals surface area contributed by atoms with E-state index in [4.69, 9.17) is 11.6 Å². The Balaban J connectivity index is 1.27. The number of carbonyl (C=O) groups excluding carboxylic acids is 1. The fraction of sp³-hybridized carbons (Fsp3) is 0.0606. The van der Waals surface area contributed by atoms with E-state index in [1.807, 2.05) is 0 Å². The van der Waals surface area contributed by atoms with Gasteiger partial charge in [0.1, 0.15) is 5.56 Å². The topological polar surface area (TPSA) is 103 Å². The normalized spacial score (nSPS) is 11.5. The Hall–Kier alpha value is -5.13. The van der Waals surface area contributed by atoms with Crippen molar-refractivity contribution in [1.29, 1.82) is 0 Å². The van der Waals surface area contributed by atoms with Crippen molar-refractivity contribution in [3.63, 3.8) is 0 Å². The minimum atomic E-state index is -3.99. The molecule has 0 radical (unpaired) electrons. The van der Waals surface area contributed by atoms with Crippen LogP contribution in [0.3, 0.4) is 0 Å². The largest absolute Gasteiger partial charge is 0.348 e. The molecule has 226 valence electrons. The standard InChI is InChI=1S/C33H23ClF2N4O4S/c34-27-13-14-37-31-30(27)26(20-40(31)45(43,44)24-8-2-1-3-9-24)23-7-4-6-21(16-23)18-38-32(41)25-10-5-15-39(33(25)42)19-22-11-12-28(35)29(36)17-22/h1-17,20H,18-19H2,(H,38,41). The first-order valence-corrected chi connectivity index (χ1v) is 15.4. The molecule has 0 spiro atoms. The molecular formula is C33H23ClF2N4O4S. The van der Waals surface area contributed by atoms with E-state index in [2.05, 4.69) is 10.3 Å². The van der Waals surface area contributed by atoms with E-state index in [1.54, 1.807) is 48.5 Å². The number of nitrogens with zero attached hydrogens (tertiary/aromatic N) is 3. The van der Waals surface area contributed by atoms with Crippen LogP contribution in [-0.4, -0.2) is 27.8 Å². The van der Waals surface area contributed by atoms with Crippen LogP contribution in [0, 0.1) is 11.6 Å². The number of benzene rings is 3. The van der Waals surface area contributed by atoms with Gasteiger partial charge in [0.25, 0.3) is 21.5 Å². The zero-order chi connectivity index (χ0) is 31.7. The van der Waals surface area contributed by atoms with Crippen LogP contribution in [0.2, 0.25) is 5.02 Å². The van der Waals surface area contributed by atoms with Crippen LogP contribution in [0.15, 0.2) is 119 Å². The Morgan fingerprint density at radius 2 is 1.69 bits per heavy atom. The lowest BCUT2D eigenvalue weighted by atomic mass is 10.0. The summed E-state index contributed by atoms with van der Waals surface area (Å²) in [6.45, 7) is 0.00132. The molecule has 0 atom stereocenters. The summed E-state index contributed by atoms with van der Waals surface area (Å²) in [5.41, 5.74) is 1.65. The SMILES string of the molecule is O=C(NCc1cccc(-c2cn(S(=O)(=O)c3ccccc3)c3nccc(Cl)c23)c1)c1cccn(Cc2ccc(F)c(F)c2)c1=O. The maximum atomic E-state index is 13.6. The summed E-state index contributed by atoms with van der Waals surface area (Å²) in [7, 11) is -3.99. The fourth-order valence-corrected chi connectivity index (χ4v) is 6.57. The Bertz CT molecular complexity index is 2250. The van der Waals surface area contributed by atoms with Crippen molar-refractivity contribution in [3.8, 4) is 11.1 Å². The van der Waals surface area contributed by atoms with Crippen molar-refractivity contribution < 1.29 is 22.0 Å². The lowest BCUT2D eigenvalue weighted by Crippen LogP contribution is -2.32. The number of hydrogen-bond donors (Lipinski definition) is 1. The van der Waals surface area contributed by atoms with Crippen LogP contribution in [0.25, 0.3) is 22.2 Å². The van der Waals surface area contributed by atoms with E-state index in [0.29, 0.717) is 32.7 Å². The Kier molecular flexibility index (Phi) is 8.05. The van der Waals surface area contributed by atoms with Crippen molar-refractivity contribution in [3.05, 3.63) is 153 Å². The molecule has 12 heteroatoms. The molecular weight excluding hydrogens is 622 g/mol. The van der Waals surface area contributed by atoms with E-state index >= 15 is 0 Å². The van der Waals surface area contributed by atoms with Crippen LogP contribution in [-0.2, 0) is 23.1 Å². The molecule has 0 aliphatic rings. The monoisotopic (exact) mass is 644 g/mol. The van der Waals surface area contributed by atoms with Crippen LogP contribution in [0.4, 0.5) is 8.78 Å². The molecule has 45 heavy (non-hydrogen) atoms. The summed E-state index contributed by atoms with van der Waals surface area (Å²) < 4.78 is 56.4. The first kappa shape index (κ1) is 29.9. The fourth-order valence-electron chi connectivity index (χ4n) is 4.99. The maximum absolute atomic E-state index is 13.6. The van der Waals surface area contributed by atoms with Gasteiger partial charge in [0.2, 0.25) is 0 Å². The lowest BCUT2D eigenvalue weighted by molar-refractivity contribution is 0.0948. The zero-order valence-corrected chi connectivity index (χ0v) is 24.9. The molecule has 0 fully saturated rings. The number of pyridine rings is 2. The molecule has 0 saturated carbocycles. The van der Waals surface area contributed by atoms with E-state index in [9.17, 15) is 26.8 Å². The number of fused-ring (bicyclic) bond motifs is 1. The number of rotatable bonds is 8. The molecule has 3 aromatic carbocycles. The van der Waals surface area contributed by atoms with Gasteiger partial charge in [0.05, 0.1) is 16.5 Å². The van der Waals surface area contributed by atoms with Gasteiger partial charge in [-0.05, 0) is 65.2 Å². The molecule has 3 heterocycles. The van der Waals surface area contributed by atoms with Crippen molar-refractivity contribution in [2.75, 3.05) is 0 Å². The predicted molar refractivity (Wildman–Crippen MR) is 167 cm³/mol. The summed E-state index contributed by atoms with van der Waals surface area (Å²) in [6.07, 6.45) is 4.37. The predicted octanol–water partition coefficient (Wildman–Crippen LogP) is 6.01. The molecule has 0 aliphatic heterocycles. The maximum Gasteiger partial charge on any atom is 0.269 e. The number of hydrogen-bond acceptors (Lipinski definition) is 5. The third kappa shape index (κ3) is 5.87. The highest BCUT2D eigenvalue weighted by atomic mass is 35.5. The molecule has 0 aliphatic carbocycles. The summed E-state index contributed by atoms with van der Waals surface area (Å²) in [5.74, 6) is -2.65. The summed E-state index contributed by atoms with van der Waals surface area (Å²) in [6, 6.07) is 22.9. The molecule has 8 nitrogen and oxygen atoms in total. The molecule has 1 N–H and O–H groups in total. The van der Waals surface area contributed by atoms with E-state index in [1.165, 1.54) is 53.5 Å². The molecule has 0 unspecified atom stereocenters. The number of halogens is 3. The number of aromatic nitrogens is 3. The van der Waals surface area contributed by atoms with E-state index in [0.717, 1.165) is 16.1 Å². The highest BCUT2D eigenvalue weighted by molar-refractivity contribution is 7.90. The van der Waals surface area contributed by atoms with Crippen molar-refractivity contribution in [2.24, 2.45) is 0 Å². The van der Waals surface area contributed by atoms with Crippen LogP contribution >= 0.6 is 11.6 Å². The molecule has 6 rings (SSSR count). The van der Waals surface area contributed by atoms with Crippen LogP contribution in [0.5, 0.6) is 0 Å². The van der Waals surface area contributed by atoms with Gasteiger partial charge in [0.15, 0.2) is 17.3 Å². The first-order valence-electron chi connectivity index (χ1n) is 13.6. The van der Waals surface area contributed by atoms with Crippen molar-refractivity contribution >= 4 is 38.6 Å². The first-order chi connectivity index (χ1) is 21.6. The Morgan fingerprint density at radius 1 is 0.889 bits per heavy atom. The number of nitrogens with one attached hydrogen (secondary N) is 1. The molecule has 3 aromatic heterocycles. The molecule has 0 saturated heterocycles. The van der Waals surface area contributed by atoms with Gasteiger partial charge in [0, 0.05) is 36.1 Å². The van der Waals surface area contributed by atoms with Gasteiger partial charge >= 0.3 is 0 Å². The second-order valence-corrected chi connectivity index (χ2v) is 12.4. The van der Waals surface area contributed by atoms with Gasteiger partial charge in [-0.25, -0.2) is 26.2 Å². The number of amides is 1. The zero-order valence-electron chi connectivity index (χ0n) is 23.3. The van der Waals surface area contributed by atoms with E-state index < -0.39 is 33.1 Å². The van der Waals surface area contributed by atoms with Gasteiger partial charge < -0.3 is 9.88 Å². The van der Waals surface area contributed by atoms with Gasteiger partial charge in [-0.2, -0.15) is 0 Å². The van der Waals surface area contributed by atoms with Crippen molar-refractivity contribution in [1.82, 2.24) is 18.8 Å². The Labute approximate surface area is 261 Å². The van der Waals surface area contributed by atoms with Crippen molar-refractivity contribution in [2.45, 2.75) is 18.0 Å². The quantitative estimate of drug-likeness (QED) is 0.219. The minimum Gasteiger partial charge on any atom is -0.348 e. The number of carbonyl (C=O) groups is 1. The van der Waals surface area contributed by atoms with Gasteiger partial charge in [-0.1, -0.05) is 54.1 Å². The average molecular weight is 645 g/mol. The van der Waals surface area contributed by atoms with Gasteiger partial charge in [-0.15, -0.1) is 0 Å². The second kappa shape index (κ2) is 12.1. The lowest BCUT2D eigenvalue weighted by Gasteiger charge is -2.10. The third-order valence-corrected chi connectivity index (χ3v) is 9.18. The van der Waals surface area contributed by atoms with E-state index in [-0.39, 0.29) is 29.2 Å². The minimum absolute atomic E-state index is 0.0514. The highest BCUT2D eigenvalue weighted by Crippen LogP contribution is 2.36. The average Bonchev–Trinajstić information content (AvgIpc) is 3.45. The third-order valence-electron chi connectivity index (χ3n) is 7.20. The summed E-state index contributed by atoms with van der Waals surface area (Å²) >= 11 is 6.55. The smallest absolute Gasteiger partial charge is 0.269 e. The highest BCUT2D eigenvalue weighted by Gasteiger charge is 2.24. The molecule has 6 aromatic rings. The second-order valence-electron chi connectivity index (χ2n) is 10.1. The van der Waals surface area contributed by atoms with Gasteiger partial charge in [-0.3, -0.25) is 9.59 Å². The summed E-state index contributed by atoms with van der Waals surface area (Å²) in [5, 5.41) is 3.51. The molecule has 1 amide bonds. The molecule has 0 bridgehead atoms. The summed E-state index contributed by atoms with van der Waals surface area (Å²) in [4.78, 5) is 30.5. The Morgan fingerprint density at radius 3 is 2.47 bits per heavy atom. The van der Waals surface area contributed by atoms with Crippen LogP contribution in [0.1, 0.15) is 21.5 Å². The van der Waals surface area contributed by atoms with Crippen LogP contribution < -0.4 is 10.9 Å².